The number of nitrogens with two attached hydrogens (primary N) is 1. The fraction of sp³-hybridized carbons (Fsp3) is 0.733. The van der Waals surface area contributed by atoms with Crippen molar-refractivity contribution in [3.63, 3.8) is 0 Å². The highest BCUT2D eigenvalue weighted by molar-refractivity contribution is 14.0. The van der Waals surface area contributed by atoms with Gasteiger partial charge in [0.1, 0.15) is 0 Å². The van der Waals surface area contributed by atoms with E-state index >= 15 is 0 Å². The van der Waals surface area contributed by atoms with Crippen LogP contribution in [0.4, 0.5) is 5.13 Å². The molecule has 2 saturated heterocycles. The highest BCUT2D eigenvalue weighted by Gasteiger charge is 2.21. The number of guanidine groups is 1. The molecule has 7 nitrogen and oxygen atoms in total. The molecule has 0 aromatic carbocycles. The molecule has 0 saturated carbocycles. The van der Waals surface area contributed by atoms with Crippen LogP contribution in [-0.2, 0) is 4.74 Å². The van der Waals surface area contributed by atoms with Gasteiger partial charge in [0.25, 0.3) is 0 Å². The summed E-state index contributed by atoms with van der Waals surface area (Å²) in [5, 5.41) is 3.12. The van der Waals surface area contributed by atoms with Crippen LogP contribution in [0.3, 0.4) is 0 Å². The van der Waals surface area contributed by atoms with E-state index in [0.29, 0.717) is 12.0 Å². The quantitative estimate of drug-likeness (QED) is 0.405. The summed E-state index contributed by atoms with van der Waals surface area (Å²) in [6.07, 6.45) is 1.86. The van der Waals surface area contributed by atoms with E-state index in [1.165, 1.54) is 0 Å². The molecular weight excluding hydrogens is 439 g/mol. The van der Waals surface area contributed by atoms with E-state index < -0.39 is 0 Å². The number of hydrogen-bond donors (Lipinski definition) is 1. The maximum Gasteiger partial charge on any atom is 0.191 e. The molecular formula is C15H27IN6OS. The lowest BCUT2D eigenvalue weighted by atomic mass is 10.2. The van der Waals surface area contributed by atoms with E-state index in [1.807, 2.05) is 11.6 Å². The lowest BCUT2D eigenvalue weighted by molar-refractivity contribution is 0.0220. The number of morpholine rings is 1. The molecule has 1 aromatic rings. The number of aliphatic imine (C=N–C) groups is 1. The van der Waals surface area contributed by atoms with Gasteiger partial charge in [-0.25, -0.2) is 4.98 Å². The number of anilines is 1. The maximum absolute atomic E-state index is 6.19. The fourth-order valence-electron chi connectivity index (χ4n) is 2.96. The van der Waals surface area contributed by atoms with E-state index in [1.54, 1.807) is 11.3 Å². The molecule has 0 spiro atoms. The number of halogens is 1. The second kappa shape index (κ2) is 9.73. The van der Waals surface area contributed by atoms with Gasteiger partial charge in [-0.1, -0.05) is 0 Å². The minimum absolute atomic E-state index is 0. The van der Waals surface area contributed by atoms with Gasteiger partial charge in [0.05, 0.1) is 19.8 Å². The van der Waals surface area contributed by atoms with Crippen LogP contribution in [0, 0.1) is 0 Å². The van der Waals surface area contributed by atoms with Crippen LogP contribution in [0.2, 0.25) is 0 Å². The lowest BCUT2D eigenvalue weighted by Gasteiger charge is -2.35. The molecule has 3 heterocycles. The first-order valence-corrected chi connectivity index (χ1v) is 9.13. The molecule has 136 valence electrons. The minimum Gasteiger partial charge on any atom is -0.379 e. The van der Waals surface area contributed by atoms with Crippen molar-refractivity contribution < 1.29 is 4.74 Å². The first-order chi connectivity index (χ1) is 11.2. The Morgan fingerprint density at radius 1 is 1.29 bits per heavy atom. The molecule has 2 aliphatic heterocycles. The van der Waals surface area contributed by atoms with Crippen LogP contribution in [0.15, 0.2) is 16.6 Å². The standard InChI is InChI=1S/C15H26N6OS.HI/c1-13(19-7-9-22-10-8-19)12-18-14(16)20-3-5-21(6-4-20)15-17-2-11-23-15;/h2,11,13H,3-10,12H2,1H3,(H2,16,18);1H. The van der Waals surface area contributed by atoms with Gasteiger partial charge in [0, 0.05) is 56.9 Å². The fourth-order valence-corrected chi connectivity index (χ4v) is 3.66. The smallest absolute Gasteiger partial charge is 0.191 e. The normalized spacial score (nSPS) is 21.5. The molecule has 0 aliphatic carbocycles. The summed E-state index contributed by atoms with van der Waals surface area (Å²) in [6.45, 7) is 10.3. The summed E-state index contributed by atoms with van der Waals surface area (Å²) < 4.78 is 5.39. The Morgan fingerprint density at radius 3 is 2.62 bits per heavy atom. The lowest BCUT2D eigenvalue weighted by Crippen LogP contribution is -2.51. The highest BCUT2D eigenvalue weighted by atomic mass is 127. The number of rotatable bonds is 4. The van der Waals surface area contributed by atoms with E-state index in [-0.39, 0.29) is 24.0 Å². The largest absolute Gasteiger partial charge is 0.379 e. The van der Waals surface area contributed by atoms with Crippen molar-refractivity contribution in [3.05, 3.63) is 11.6 Å². The van der Waals surface area contributed by atoms with Crippen LogP contribution in [0.5, 0.6) is 0 Å². The van der Waals surface area contributed by atoms with E-state index in [9.17, 15) is 0 Å². The molecule has 9 heteroatoms. The van der Waals surface area contributed by atoms with Crippen molar-refractivity contribution in [3.8, 4) is 0 Å². The number of ether oxygens (including phenoxy) is 1. The average molecular weight is 466 g/mol. The highest BCUT2D eigenvalue weighted by Crippen LogP contribution is 2.18. The number of thiazole rings is 1. The predicted molar refractivity (Wildman–Crippen MR) is 110 cm³/mol. The van der Waals surface area contributed by atoms with Crippen LogP contribution in [0.1, 0.15) is 6.92 Å². The van der Waals surface area contributed by atoms with Crippen molar-refractivity contribution in [2.24, 2.45) is 10.7 Å². The van der Waals surface area contributed by atoms with Crippen molar-refractivity contribution in [2.45, 2.75) is 13.0 Å². The SMILES string of the molecule is CC(CN=C(N)N1CCN(c2nccs2)CC1)N1CCOCC1.I. The third-order valence-corrected chi connectivity index (χ3v) is 5.31. The molecule has 1 atom stereocenters. The monoisotopic (exact) mass is 466 g/mol. The van der Waals surface area contributed by atoms with Gasteiger partial charge in [0.2, 0.25) is 0 Å². The van der Waals surface area contributed by atoms with Gasteiger partial charge in [-0.3, -0.25) is 9.89 Å². The van der Waals surface area contributed by atoms with Gasteiger partial charge in [-0.05, 0) is 6.92 Å². The molecule has 2 aliphatic rings. The van der Waals surface area contributed by atoms with E-state index in [2.05, 4.69) is 31.6 Å². The molecule has 0 bridgehead atoms. The summed E-state index contributed by atoms with van der Waals surface area (Å²) in [4.78, 5) is 15.9. The van der Waals surface area contributed by atoms with E-state index in [4.69, 9.17) is 10.5 Å². The second-order valence-electron chi connectivity index (χ2n) is 5.99. The Labute approximate surface area is 164 Å². The Hall–Kier alpha value is -0.650. The van der Waals surface area contributed by atoms with Crippen molar-refractivity contribution >= 4 is 46.4 Å². The zero-order chi connectivity index (χ0) is 16.1. The molecule has 1 aromatic heterocycles. The zero-order valence-corrected chi connectivity index (χ0v) is 17.3. The molecule has 0 radical (unpaired) electrons. The number of hydrogen-bond acceptors (Lipinski definition) is 6. The number of nitrogens with zero attached hydrogens (tertiary/aromatic N) is 5. The topological polar surface area (TPSA) is 70.2 Å². The summed E-state index contributed by atoms with van der Waals surface area (Å²) >= 11 is 1.69. The molecule has 3 rings (SSSR count). The van der Waals surface area contributed by atoms with Crippen LogP contribution < -0.4 is 10.6 Å². The van der Waals surface area contributed by atoms with Gasteiger partial charge in [-0.2, -0.15) is 0 Å². The molecule has 2 fully saturated rings. The Balaban J connectivity index is 0.00000208. The minimum atomic E-state index is 0. The third-order valence-electron chi connectivity index (χ3n) is 4.48. The van der Waals surface area contributed by atoms with Crippen LogP contribution in [0.25, 0.3) is 0 Å². The first kappa shape index (κ1) is 19.7. The van der Waals surface area contributed by atoms with Crippen molar-refractivity contribution in [2.75, 3.05) is 63.9 Å². The van der Waals surface area contributed by atoms with Crippen LogP contribution in [-0.4, -0.2) is 85.8 Å². The van der Waals surface area contributed by atoms with Gasteiger partial charge in [-0.15, -0.1) is 35.3 Å². The van der Waals surface area contributed by atoms with Gasteiger partial charge >= 0.3 is 0 Å². The molecule has 24 heavy (non-hydrogen) atoms. The summed E-state index contributed by atoms with van der Waals surface area (Å²) in [5.74, 6) is 0.670. The third kappa shape index (κ3) is 5.17. The van der Waals surface area contributed by atoms with Gasteiger partial charge in [0.15, 0.2) is 11.1 Å². The predicted octanol–water partition coefficient (Wildman–Crippen LogP) is 0.918. The van der Waals surface area contributed by atoms with Gasteiger partial charge < -0.3 is 20.3 Å². The summed E-state index contributed by atoms with van der Waals surface area (Å²) in [7, 11) is 0. The number of aromatic nitrogens is 1. The maximum atomic E-state index is 6.19. The molecule has 1 unspecified atom stereocenters. The molecule has 2 N–H and O–H groups in total. The summed E-state index contributed by atoms with van der Waals surface area (Å²) in [6, 6.07) is 0.411. The Kier molecular flexibility index (Phi) is 7.98. The summed E-state index contributed by atoms with van der Waals surface area (Å²) in [5.41, 5.74) is 6.19. The Bertz CT molecular complexity index is 500. The van der Waals surface area contributed by atoms with E-state index in [0.717, 1.165) is 64.2 Å². The van der Waals surface area contributed by atoms with Crippen molar-refractivity contribution in [1.82, 2.24) is 14.8 Å². The van der Waals surface area contributed by atoms with Crippen molar-refractivity contribution in [1.29, 1.82) is 0 Å². The first-order valence-electron chi connectivity index (χ1n) is 8.25. The zero-order valence-electron chi connectivity index (χ0n) is 14.1. The van der Waals surface area contributed by atoms with Crippen LogP contribution >= 0.6 is 35.3 Å². The Morgan fingerprint density at radius 2 is 2.00 bits per heavy atom. The molecule has 0 amide bonds. The second-order valence-corrected chi connectivity index (χ2v) is 6.86. The number of piperazine rings is 1. The average Bonchev–Trinajstić information content (AvgIpc) is 3.15.